The Balaban J connectivity index is 2.04. The van der Waals surface area contributed by atoms with Crippen molar-refractivity contribution in [1.82, 2.24) is 15.0 Å². The largest absolute Gasteiger partial charge is 0.352 e. The summed E-state index contributed by atoms with van der Waals surface area (Å²) in [5, 5.41) is 15.4. The number of nitrogens with zero attached hydrogens (tertiary/aromatic N) is 4. The molecule has 0 unspecified atom stereocenters. The summed E-state index contributed by atoms with van der Waals surface area (Å²) < 4.78 is 13.8. The molecule has 0 bridgehead atoms. The van der Waals surface area contributed by atoms with Crippen molar-refractivity contribution >= 4 is 17.5 Å². The lowest BCUT2D eigenvalue weighted by atomic mass is 10.2. The van der Waals surface area contributed by atoms with E-state index in [1.807, 2.05) is 38.1 Å². The van der Waals surface area contributed by atoms with Crippen LogP contribution >= 0.6 is 0 Å². The molecule has 2 aromatic heterocycles. The van der Waals surface area contributed by atoms with E-state index in [-0.39, 0.29) is 11.6 Å². The first-order chi connectivity index (χ1) is 12.6. The number of nitrogens with one attached hydrogen (secondary N) is 2. The van der Waals surface area contributed by atoms with Crippen molar-refractivity contribution in [3.63, 3.8) is 0 Å². The van der Waals surface area contributed by atoms with Crippen molar-refractivity contribution in [1.29, 1.82) is 5.26 Å². The molecule has 0 amide bonds. The van der Waals surface area contributed by atoms with Gasteiger partial charge in [-0.1, -0.05) is 12.1 Å². The van der Waals surface area contributed by atoms with Crippen LogP contribution in [-0.2, 0) is 0 Å². The number of pyridine rings is 1. The molecule has 3 aromatic rings. The maximum atomic E-state index is 13.8. The highest BCUT2D eigenvalue weighted by molar-refractivity contribution is 5.69. The zero-order valence-corrected chi connectivity index (χ0v) is 14.4. The number of anilines is 3. The zero-order chi connectivity index (χ0) is 18.5. The highest BCUT2D eigenvalue weighted by Crippen LogP contribution is 2.25. The number of hydrogen-bond donors (Lipinski definition) is 2. The van der Waals surface area contributed by atoms with Gasteiger partial charge < -0.3 is 10.6 Å². The lowest BCUT2D eigenvalue weighted by molar-refractivity contribution is 0.624. The van der Waals surface area contributed by atoms with E-state index in [1.165, 1.54) is 12.1 Å². The summed E-state index contributed by atoms with van der Waals surface area (Å²) in [6.45, 7) is 3.95. The molecule has 130 valence electrons. The molecular formula is C19H17FN6. The molecule has 0 atom stereocenters. The van der Waals surface area contributed by atoms with E-state index in [4.69, 9.17) is 0 Å². The lowest BCUT2D eigenvalue weighted by Crippen LogP contribution is -2.13. The fourth-order valence-corrected chi connectivity index (χ4v) is 2.36. The smallest absolute Gasteiger partial charge is 0.225 e. The van der Waals surface area contributed by atoms with Crippen LogP contribution in [0.2, 0.25) is 0 Å². The molecule has 3 rings (SSSR count). The van der Waals surface area contributed by atoms with Crippen molar-refractivity contribution in [2.45, 2.75) is 19.9 Å². The van der Waals surface area contributed by atoms with E-state index in [0.717, 1.165) is 0 Å². The Morgan fingerprint density at radius 2 is 1.92 bits per heavy atom. The minimum Gasteiger partial charge on any atom is -0.352 e. The summed E-state index contributed by atoms with van der Waals surface area (Å²) in [5.41, 5.74) is 1.57. The monoisotopic (exact) mass is 348 g/mol. The molecule has 6 nitrogen and oxygen atoms in total. The maximum Gasteiger partial charge on any atom is 0.225 e. The van der Waals surface area contributed by atoms with Gasteiger partial charge in [-0.05, 0) is 38.1 Å². The second-order valence-electron chi connectivity index (χ2n) is 5.88. The van der Waals surface area contributed by atoms with Crippen LogP contribution in [0.15, 0.2) is 48.7 Å². The Morgan fingerprint density at radius 1 is 1.08 bits per heavy atom. The van der Waals surface area contributed by atoms with Gasteiger partial charge >= 0.3 is 0 Å². The summed E-state index contributed by atoms with van der Waals surface area (Å²) in [6, 6.07) is 13.6. The minimum absolute atomic E-state index is 0.0659. The van der Waals surface area contributed by atoms with Crippen LogP contribution in [-0.4, -0.2) is 21.0 Å². The predicted octanol–water partition coefficient (Wildman–Crippen LogP) is 4.11. The van der Waals surface area contributed by atoms with Crippen molar-refractivity contribution in [2.75, 3.05) is 10.6 Å². The molecular weight excluding hydrogens is 331 g/mol. The number of aromatic nitrogens is 3. The van der Waals surface area contributed by atoms with Crippen molar-refractivity contribution in [2.24, 2.45) is 0 Å². The van der Waals surface area contributed by atoms with Crippen molar-refractivity contribution < 1.29 is 4.39 Å². The van der Waals surface area contributed by atoms with Crippen LogP contribution in [0.1, 0.15) is 19.4 Å². The second kappa shape index (κ2) is 7.57. The molecule has 0 aliphatic heterocycles. The highest BCUT2D eigenvalue weighted by atomic mass is 19.1. The average Bonchev–Trinajstić information content (AvgIpc) is 2.62. The van der Waals surface area contributed by atoms with E-state index in [2.05, 4.69) is 25.6 Å². The Labute approximate surface area is 150 Å². The molecule has 0 saturated heterocycles. The van der Waals surface area contributed by atoms with Gasteiger partial charge in [-0.2, -0.15) is 10.2 Å². The first-order valence-corrected chi connectivity index (χ1v) is 8.09. The van der Waals surface area contributed by atoms with Crippen LogP contribution in [0, 0.1) is 17.1 Å². The number of halogens is 1. The Hall–Kier alpha value is -3.53. The van der Waals surface area contributed by atoms with Gasteiger partial charge in [0.15, 0.2) is 0 Å². The molecule has 1 aromatic carbocycles. The third-order valence-corrected chi connectivity index (χ3v) is 3.46. The normalized spacial score (nSPS) is 10.4. The van der Waals surface area contributed by atoms with Gasteiger partial charge in [-0.15, -0.1) is 0 Å². The molecule has 0 spiro atoms. The Bertz CT molecular complexity index is 950. The van der Waals surface area contributed by atoms with Gasteiger partial charge in [-0.3, -0.25) is 4.98 Å². The molecule has 2 heterocycles. The van der Waals surface area contributed by atoms with Crippen LogP contribution in [0.5, 0.6) is 0 Å². The molecule has 2 N–H and O–H groups in total. The predicted molar refractivity (Wildman–Crippen MR) is 98.4 cm³/mol. The third-order valence-electron chi connectivity index (χ3n) is 3.46. The minimum atomic E-state index is -0.586. The van der Waals surface area contributed by atoms with Gasteiger partial charge in [0, 0.05) is 18.3 Å². The summed E-state index contributed by atoms with van der Waals surface area (Å²) in [4.78, 5) is 13.2. The summed E-state index contributed by atoms with van der Waals surface area (Å²) >= 11 is 0. The Morgan fingerprint density at radius 3 is 2.62 bits per heavy atom. The molecule has 0 saturated carbocycles. The van der Waals surface area contributed by atoms with Crippen LogP contribution in [0.25, 0.3) is 11.4 Å². The Kier molecular flexibility index (Phi) is 5.04. The summed E-state index contributed by atoms with van der Waals surface area (Å²) in [6.07, 6.45) is 1.68. The summed E-state index contributed by atoms with van der Waals surface area (Å²) in [5.74, 6) is 0.267. The molecule has 26 heavy (non-hydrogen) atoms. The van der Waals surface area contributed by atoms with E-state index >= 15 is 0 Å². The van der Waals surface area contributed by atoms with E-state index in [9.17, 15) is 9.65 Å². The van der Waals surface area contributed by atoms with Gasteiger partial charge in [0.1, 0.15) is 23.3 Å². The molecule has 0 radical (unpaired) electrons. The topological polar surface area (TPSA) is 86.5 Å². The number of hydrogen-bond acceptors (Lipinski definition) is 6. The van der Waals surface area contributed by atoms with E-state index < -0.39 is 5.82 Å². The van der Waals surface area contributed by atoms with Gasteiger partial charge in [0.25, 0.3) is 0 Å². The van der Waals surface area contributed by atoms with Crippen LogP contribution in [0.4, 0.5) is 21.8 Å². The van der Waals surface area contributed by atoms with Crippen LogP contribution in [0.3, 0.4) is 0 Å². The standard InChI is InChI=1S/C19H17FN6/c1-12(2)23-19-25-17(16-7-3-4-9-22-16)10-18(26-19)24-15-8-5-6-14(20)13(15)11-21/h3-10,12H,1-2H3,(H2,23,24,25,26). The number of benzene rings is 1. The molecule has 7 heteroatoms. The first kappa shape index (κ1) is 17.3. The lowest BCUT2D eigenvalue weighted by Gasteiger charge is -2.13. The maximum absolute atomic E-state index is 13.8. The number of nitriles is 1. The van der Waals surface area contributed by atoms with Gasteiger partial charge in [-0.25, -0.2) is 9.37 Å². The first-order valence-electron chi connectivity index (χ1n) is 8.09. The van der Waals surface area contributed by atoms with Crippen LogP contribution < -0.4 is 10.6 Å². The van der Waals surface area contributed by atoms with Crippen molar-refractivity contribution in [3.05, 3.63) is 60.0 Å². The second-order valence-corrected chi connectivity index (χ2v) is 5.88. The van der Waals surface area contributed by atoms with Gasteiger partial charge in [0.2, 0.25) is 5.95 Å². The molecule has 0 aliphatic rings. The average molecular weight is 348 g/mol. The number of rotatable bonds is 5. The highest BCUT2D eigenvalue weighted by Gasteiger charge is 2.12. The van der Waals surface area contributed by atoms with Crippen molar-refractivity contribution in [3.8, 4) is 17.5 Å². The third kappa shape index (κ3) is 3.92. The van der Waals surface area contributed by atoms with E-state index in [0.29, 0.717) is 28.8 Å². The molecule has 0 fully saturated rings. The van der Waals surface area contributed by atoms with Gasteiger partial charge in [0.05, 0.1) is 17.1 Å². The fourth-order valence-electron chi connectivity index (χ4n) is 2.36. The quantitative estimate of drug-likeness (QED) is 0.721. The fraction of sp³-hybridized carbons (Fsp3) is 0.158. The SMILES string of the molecule is CC(C)Nc1nc(Nc2cccc(F)c2C#N)cc(-c2ccccn2)n1. The summed E-state index contributed by atoms with van der Waals surface area (Å²) in [7, 11) is 0. The molecule has 0 aliphatic carbocycles. The zero-order valence-electron chi connectivity index (χ0n) is 14.4. The van der Waals surface area contributed by atoms with E-state index in [1.54, 1.807) is 18.3 Å².